The van der Waals surface area contributed by atoms with Gasteiger partial charge < -0.3 is 4.42 Å². The Morgan fingerprint density at radius 2 is 1.61 bits per heavy atom. The average molecular weight is 439 g/mol. The molecule has 3 aromatic carbocycles. The number of non-ortho nitro benzene ring substituents is 1. The molecule has 0 saturated heterocycles. The molecule has 0 spiro atoms. The summed E-state index contributed by atoms with van der Waals surface area (Å²) >= 11 is 3.39. The van der Waals surface area contributed by atoms with Crippen LogP contribution in [0.15, 0.2) is 81.7 Å². The molecule has 4 aromatic rings. The van der Waals surface area contributed by atoms with Crippen LogP contribution in [-0.2, 0) is 0 Å². The summed E-state index contributed by atoms with van der Waals surface area (Å²) < 4.78 is 20.3. The zero-order valence-electron chi connectivity index (χ0n) is 14.3. The number of nitro benzene ring substituents is 1. The first-order valence-electron chi connectivity index (χ1n) is 8.29. The fourth-order valence-electron chi connectivity index (χ4n) is 2.80. The normalized spacial score (nSPS) is 10.8. The van der Waals surface area contributed by atoms with Gasteiger partial charge in [-0.05, 0) is 48.5 Å². The summed E-state index contributed by atoms with van der Waals surface area (Å²) in [4.78, 5) is 15.3. The van der Waals surface area contributed by atoms with Crippen LogP contribution in [0.5, 0.6) is 0 Å². The molecule has 1 aromatic heterocycles. The second kappa shape index (κ2) is 7.36. The maximum absolute atomic E-state index is 13.4. The topological polar surface area (TPSA) is 69.2 Å². The zero-order chi connectivity index (χ0) is 19.7. The molecular formula is C21H12BrFN2O3. The Hall–Kier alpha value is -3.32. The minimum atomic E-state index is -0.465. The second-order valence-corrected chi connectivity index (χ2v) is 6.93. The molecule has 28 heavy (non-hydrogen) atoms. The summed E-state index contributed by atoms with van der Waals surface area (Å²) in [6.07, 6.45) is 0. The van der Waals surface area contributed by atoms with Crippen molar-refractivity contribution < 1.29 is 13.7 Å². The standard InChI is InChI=1S/C21H12BrFN2O3/c22-16-8-4-14(5-9-16)21-24-19(13-6-10-17(23)11-7-13)20(28-21)15-2-1-3-18(12-15)25(26)27/h1-12H. The maximum Gasteiger partial charge on any atom is 0.270 e. The van der Waals surface area contributed by atoms with Gasteiger partial charge in [-0.2, -0.15) is 0 Å². The molecule has 0 atom stereocenters. The molecule has 0 radical (unpaired) electrons. The Balaban J connectivity index is 1.90. The van der Waals surface area contributed by atoms with Crippen LogP contribution >= 0.6 is 15.9 Å². The van der Waals surface area contributed by atoms with Crippen molar-refractivity contribution in [2.75, 3.05) is 0 Å². The summed E-state index contributed by atoms with van der Waals surface area (Å²) in [6.45, 7) is 0. The summed E-state index contributed by atoms with van der Waals surface area (Å²) in [5, 5.41) is 11.1. The van der Waals surface area contributed by atoms with E-state index in [-0.39, 0.29) is 11.5 Å². The molecule has 0 bridgehead atoms. The molecule has 0 aliphatic rings. The van der Waals surface area contributed by atoms with Crippen LogP contribution in [0.4, 0.5) is 10.1 Å². The first-order valence-corrected chi connectivity index (χ1v) is 9.08. The van der Waals surface area contributed by atoms with Gasteiger partial charge in [0.25, 0.3) is 5.69 Å². The number of oxazole rings is 1. The zero-order valence-corrected chi connectivity index (χ0v) is 15.9. The second-order valence-electron chi connectivity index (χ2n) is 6.02. The maximum atomic E-state index is 13.4. The largest absolute Gasteiger partial charge is 0.435 e. The van der Waals surface area contributed by atoms with Crippen molar-refractivity contribution in [1.82, 2.24) is 4.98 Å². The molecule has 1 heterocycles. The van der Waals surface area contributed by atoms with Crippen LogP contribution in [0, 0.1) is 15.9 Å². The van der Waals surface area contributed by atoms with E-state index in [9.17, 15) is 14.5 Å². The molecule has 0 N–H and O–H groups in total. The first kappa shape index (κ1) is 18.1. The van der Waals surface area contributed by atoms with Crippen molar-refractivity contribution in [3.63, 3.8) is 0 Å². The van der Waals surface area contributed by atoms with Gasteiger partial charge >= 0.3 is 0 Å². The molecular weight excluding hydrogens is 427 g/mol. The van der Waals surface area contributed by atoms with Crippen LogP contribution in [0.3, 0.4) is 0 Å². The van der Waals surface area contributed by atoms with Gasteiger partial charge in [0.1, 0.15) is 11.5 Å². The van der Waals surface area contributed by atoms with Crippen molar-refractivity contribution in [1.29, 1.82) is 0 Å². The summed E-state index contributed by atoms with van der Waals surface area (Å²) in [7, 11) is 0. The van der Waals surface area contributed by atoms with Gasteiger partial charge in [-0.3, -0.25) is 10.1 Å². The molecule has 0 fully saturated rings. The Kier molecular flexibility index (Phi) is 4.75. The molecule has 7 heteroatoms. The summed E-state index contributed by atoms with van der Waals surface area (Å²) in [6, 6.07) is 19.4. The highest BCUT2D eigenvalue weighted by molar-refractivity contribution is 9.10. The van der Waals surface area contributed by atoms with Crippen molar-refractivity contribution in [3.8, 4) is 34.0 Å². The van der Waals surface area contributed by atoms with Gasteiger partial charge in [-0.25, -0.2) is 9.37 Å². The van der Waals surface area contributed by atoms with Crippen molar-refractivity contribution in [3.05, 3.63) is 93.2 Å². The van der Waals surface area contributed by atoms with Crippen LogP contribution in [0.2, 0.25) is 0 Å². The third kappa shape index (κ3) is 3.57. The molecule has 0 saturated carbocycles. The van der Waals surface area contributed by atoms with Gasteiger partial charge in [0.2, 0.25) is 5.89 Å². The number of halogens is 2. The minimum absolute atomic E-state index is 0.0517. The number of rotatable bonds is 4. The van der Waals surface area contributed by atoms with Crippen molar-refractivity contribution >= 4 is 21.6 Å². The van der Waals surface area contributed by atoms with E-state index in [1.165, 1.54) is 24.3 Å². The number of hydrogen-bond donors (Lipinski definition) is 0. The molecule has 138 valence electrons. The number of aromatic nitrogens is 1. The third-order valence-electron chi connectivity index (χ3n) is 4.16. The lowest BCUT2D eigenvalue weighted by Gasteiger charge is -2.02. The first-order chi connectivity index (χ1) is 13.5. The Bertz CT molecular complexity index is 1160. The smallest absolute Gasteiger partial charge is 0.270 e. The van der Waals surface area contributed by atoms with E-state index >= 15 is 0 Å². The fraction of sp³-hybridized carbons (Fsp3) is 0. The monoisotopic (exact) mass is 438 g/mol. The number of benzene rings is 3. The molecule has 0 amide bonds. The van der Waals surface area contributed by atoms with E-state index < -0.39 is 4.92 Å². The predicted octanol–water partition coefficient (Wildman–Crippen LogP) is 6.49. The molecule has 5 nitrogen and oxygen atoms in total. The van der Waals surface area contributed by atoms with Crippen molar-refractivity contribution in [2.24, 2.45) is 0 Å². The predicted molar refractivity (Wildman–Crippen MR) is 107 cm³/mol. The minimum Gasteiger partial charge on any atom is -0.435 e. The summed E-state index contributed by atoms with van der Waals surface area (Å²) in [5.74, 6) is 0.388. The lowest BCUT2D eigenvalue weighted by molar-refractivity contribution is -0.384. The number of nitro groups is 1. The summed E-state index contributed by atoms with van der Waals surface area (Å²) in [5.41, 5.74) is 2.35. The lowest BCUT2D eigenvalue weighted by Crippen LogP contribution is -1.88. The van der Waals surface area contributed by atoms with E-state index in [0.717, 1.165) is 10.0 Å². The van der Waals surface area contributed by atoms with Crippen LogP contribution in [0.25, 0.3) is 34.0 Å². The average Bonchev–Trinajstić information content (AvgIpc) is 3.14. The fourth-order valence-corrected chi connectivity index (χ4v) is 3.06. The molecule has 0 aliphatic heterocycles. The highest BCUT2D eigenvalue weighted by Crippen LogP contribution is 2.37. The van der Waals surface area contributed by atoms with Crippen LogP contribution < -0.4 is 0 Å². The number of hydrogen-bond acceptors (Lipinski definition) is 4. The van der Waals surface area contributed by atoms with E-state index in [1.54, 1.807) is 24.3 Å². The SMILES string of the molecule is O=[N+]([O-])c1cccc(-c2oc(-c3ccc(Br)cc3)nc2-c2ccc(F)cc2)c1. The van der Waals surface area contributed by atoms with Crippen LogP contribution in [0.1, 0.15) is 0 Å². The third-order valence-corrected chi connectivity index (χ3v) is 4.68. The Morgan fingerprint density at radius 3 is 2.29 bits per heavy atom. The van der Waals surface area contributed by atoms with E-state index in [0.29, 0.717) is 28.5 Å². The van der Waals surface area contributed by atoms with Crippen LogP contribution in [-0.4, -0.2) is 9.91 Å². The molecule has 4 rings (SSSR count). The van der Waals surface area contributed by atoms with Gasteiger partial charge in [-0.1, -0.05) is 28.1 Å². The van der Waals surface area contributed by atoms with Gasteiger partial charge in [0.15, 0.2) is 5.76 Å². The lowest BCUT2D eigenvalue weighted by atomic mass is 10.1. The Morgan fingerprint density at radius 1 is 0.929 bits per heavy atom. The van der Waals surface area contributed by atoms with E-state index in [2.05, 4.69) is 20.9 Å². The Labute approximate surface area is 167 Å². The van der Waals surface area contributed by atoms with Gasteiger partial charge in [-0.15, -0.1) is 0 Å². The highest BCUT2D eigenvalue weighted by atomic mass is 79.9. The van der Waals surface area contributed by atoms with Gasteiger partial charge in [0.05, 0.1) is 4.92 Å². The van der Waals surface area contributed by atoms with Gasteiger partial charge in [0, 0.05) is 33.3 Å². The van der Waals surface area contributed by atoms with E-state index in [1.807, 2.05) is 24.3 Å². The molecule has 0 aliphatic carbocycles. The number of nitrogens with zero attached hydrogens (tertiary/aromatic N) is 2. The van der Waals surface area contributed by atoms with E-state index in [4.69, 9.17) is 4.42 Å². The quantitative estimate of drug-likeness (QED) is 0.269. The highest BCUT2D eigenvalue weighted by Gasteiger charge is 2.20. The van der Waals surface area contributed by atoms with Crippen molar-refractivity contribution in [2.45, 2.75) is 0 Å². The molecule has 0 unspecified atom stereocenters.